The SMILES string of the molecule is CCC(C)(CC)C(=O)/C=C(\O)C(C)(CC)CC.Cc1c(CC(C)C)sc2ccc3c4ccnc(-c5[c-]c6ccccc6c(C(C)(C)C)c5)c4oc3c12.[Ir]. The van der Waals surface area contributed by atoms with Crippen LogP contribution in [0.25, 0.3) is 54.1 Å². The number of pyridine rings is 1. The first-order chi connectivity index (χ1) is 24.5. The quantitative estimate of drug-likeness (QED) is 0.0845. The summed E-state index contributed by atoms with van der Waals surface area (Å²) in [4.78, 5) is 18.5. The molecule has 0 aliphatic carbocycles. The van der Waals surface area contributed by atoms with Gasteiger partial charge in [0.25, 0.3) is 0 Å². The van der Waals surface area contributed by atoms with Crippen LogP contribution in [0.3, 0.4) is 0 Å². The van der Waals surface area contributed by atoms with Crippen LogP contribution in [0.4, 0.5) is 0 Å². The zero-order valence-corrected chi connectivity index (χ0v) is 37.1. The maximum Gasteiger partial charge on any atom is 0.164 e. The van der Waals surface area contributed by atoms with E-state index in [9.17, 15) is 9.90 Å². The van der Waals surface area contributed by atoms with E-state index in [1.54, 1.807) is 0 Å². The van der Waals surface area contributed by atoms with Gasteiger partial charge in [-0.25, -0.2) is 0 Å². The molecule has 0 aliphatic rings. The minimum Gasteiger partial charge on any atom is -0.512 e. The average molecular weight is 909 g/mol. The molecule has 0 spiro atoms. The van der Waals surface area contributed by atoms with Crippen LogP contribution in [0.1, 0.15) is 118 Å². The predicted molar refractivity (Wildman–Crippen MR) is 224 cm³/mol. The van der Waals surface area contributed by atoms with Crippen molar-refractivity contribution < 1.29 is 34.4 Å². The van der Waals surface area contributed by atoms with Gasteiger partial charge in [0.05, 0.1) is 0 Å². The molecule has 3 heterocycles. The third kappa shape index (κ3) is 8.36. The second-order valence-electron chi connectivity index (χ2n) is 16.5. The fraction of sp³-hybridized carbons (Fsp3) is 0.447. The smallest absolute Gasteiger partial charge is 0.164 e. The van der Waals surface area contributed by atoms with Crippen molar-refractivity contribution in [1.29, 1.82) is 0 Å². The Kier molecular flexibility index (Phi) is 13.3. The van der Waals surface area contributed by atoms with Crippen LogP contribution in [0, 0.1) is 29.7 Å². The normalized spacial score (nSPS) is 12.8. The van der Waals surface area contributed by atoms with Crippen molar-refractivity contribution in [3.05, 3.63) is 88.6 Å². The Morgan fingerprint density at radius 2 is 1.51 bits per heavy atom. The zero-order chi connectivity index (χ0) is 38.2. The second kappa shape index (κ2) is 16.6. The number of aliphatic hydroxyl groups excluding tert-OH is 1. The molecule has 3 aromatic heterocycles. The van der Waals surface area contributed by atoms with Gasteiger partial charge in [0.15, 0.2) is 5.78 Å². The van der Waals surface area contributed by atoms with Gasteiger partial charge < -0.3 is 9.52 Å². The largest absolute Gasteiger partial charge is 0.512 e. The molecule has 0 fully saturated rings. The Labute approximate surface area is 334 Å². The minimum atomic E-state index is -0.337. The van der Waals surface area contributed by atoms with Crippen LogP contribution in [0.15, 0.2) is 71.0 Å². The molecule has 6 heteroatoms. The van der Waals surface area contributed by atoms with Gasteiger partial charge in [-0.05, 0) is 74.1 Å². The number of carbonyl (C=O) groups is 1. The molecular weight excluding hydrogens is 851 g/mol. The average Bonchev–Trinajstić information content (AvgIpc) is 3.66. The Balaban J connectivity index is 0.000000299. The van der Waals surface area contributed by atoms with Crippen molar-refractivity contribution in [2.45, 2.75) is 121 Å². The molecule has 0 bridgehead atoms. The molecule has 1 radical (unpaired) electrons. The number of aliphatic hydroxyl groups is 1. The number of fused-ring (bicyclic) bond motifs is 6. The summed E-state index contributed by atoms with van der Waals surface area (Å²) in [7, 11) is 0. The molecule has 1 N–H and O–H groups in total. The van der Waals surface area contributed by atoms with E-state index in [1.165, 1.54) is 37.6 Å². The molecule has 3 aromatic carbocycles. The van der Waals surface area contributed by atoms with Gasteiger partial charge in [0, 0.05) is 74.6 Å². The first-order valence-corrected chi connectivity index (χ1v) is 20.0. The van der Waals surface area contributed by atoms with Crippen LogP contribution in [0.5, 0.6) is 0 Å². The molecule has 4 nitrogen and oxygen atoms in total. The summed E-state index contributed by atoms with van der Waals surface area (Å²) in [5.41, 5.74) is 5.71. The van der Waals surface area contributed by atoms with Gasteiger partial charge in [0.1, 0.15) is 16.9 Å². The molecule has 6 aromatic rings. The van der Waals surface area contributed by atoms with Crippen molar-refractivity contribution in [1.82, 2.24) is 4.98 Å². The molecule has 0 unspecified atom stereocenters. The van der Waals surface area contributed by atoms with E-state index in [0.29, 0.717) is 5.92 Å². The first-order valence-electron chi connectivity index (χ1n) is 19.1. The third-order valence-electron chi connectivity index (χ3n) is 11.6. The van der Waals surface area contributed by atoms with E-state index < -0.39 is 0 Å². The Morgan fingerprint density at radius 3 is 2.11 bits per heavy atom. The van der Waals surface area contributed by atoms with E-state index in [2.05, 4.69) is 96.1 Å². The second-order valence-corrected chi connectivity index (χ2v) is 17.7. The van der Waals surface area contributed by atoms with Gasteiger partial charge in [0.2, 0.25) is 0 Å². The Hall–Kier alpha value is -3.31. The molecular formula is C47H58IrNO3S-. The molecule has 0 saturated carbocycles. The monoisotopic (exact) mass is 909 g/mol. The summed E-state index contributed by atoms with van der Waals surface area (Å²) in [6.07, 6.45) is 7.76. The van der Waals surface area contributed by atoms with Gasteiger partial charge in [-0.15, -0.1) is 40.5 Å². The number of hydrogen-bond donors (Lipinski definition) is 1. The van der Waals surface area contributed by atoms with Crippen LogP contribution in [-0.4, -0.2) is 15.9 Å². The number of thiophene rings is 1. The first kappa shape index (κ1) is 42.4. The number of rotatable bonds is 10. The number of hydrogen-bond acceptors (Lipinski definition) is 5. The molecule has 285 valence electrons. The number of aromatic nitrogens is 1. The number of benzene rings is 3. The fourth-order valence-corrected chi connectivity index (χ4v) is 8.38. The number of aryl methyl sites for hydroxylation is 1. The maximum absolute atomic E-state index is 12.2. The van der Waals surface area contributed by atoms with Crippen molar-refractivity contribution in [3.8, 4) is 11.3 Å². The van der Waals surface area contributed by atoms with E-state index in [4.69, 9.17) is 9.40 Å². The van der Waals surface area contributed by atoms with E-state index >= 15 is 0 Å². The molecule has 0 aliphatic heterocycles. The maximum atomic E-state index is 12.2. The Bertz CT molecular complexity index is 2260. The summed E-state index contributed by atoms with van der Waals surface area (Å²) < 4.78 is 8.01. The number of furan rings is 1. The van der Waals surface area contributed by atoms with E-state index in [0.717, 1.165) is 70.7 Å². The van der Waals surface area contributed by atoms with Crippen LogP contribution < -0.4 is 0 Å². The molecule has 6 rings (SSSR count). The topological polar surface area (TPSA) is 63.3 Å². The molecule has 0 saturated heterocycles. The fourth-order valence-electron chi connectivity index (χ4n) is 6.96. The van der Waals surface area contributed by atoms with Gasteiger partial charge in [-0.2, -0.15) is 0 Å². The van der Waals surface area contributed by atoms with Gasteiger partial charge >= 0.3 is 0 Å². The number of carbonyl (C=O) groups excluding carboxylic acids is 1. The third-order valence-corrected chi connectivity index (χ3v) is 12.9. The predicted octanol–water partition coefficient (Wildman–Crippen LogP) is 14.3. The summed E-state index contributed by atoms with van der Waals surface area (Å²) in [5, 5.41) is 16.0. The minimum absolute atomic E-state index is 0. The number of ketones is 1. The Morgan fingerprint density at radius 1 is 0.887 bits per heavy atom. The van der Waals surface area contributed by atoms with Crippen molar-refractivity contribution in [2.75, 3.05) is 0 Å². The van der Waals surface area contributed by atoms with Gasteiger partial charge in [-0.3, -0.25) is 9.78 Å². The standard InChI is InChI=1S/C32H30NOS.C15H28O2.Ir/c1-18(2)15-27-19(3)28-26(35-27)12-11-23-24-13-14-33-29(31(24)34-30(23)28)21-16-20-9-7-8-10-22(20)25(17-21)32(4,5)6;1-7-14(5,8-2)12(16)11-13(17)15(6,9-3)10-4;/h7-14,17-18H,15H2,1-6H3;11,16H,7-10H2,1-6H3;/q-1;;/b;12-11-;. The van der Waals surface area contributed by atoms with E-state index in [1.807, 2.05) is 59.1 Å². The molecule has 0 atom stereocenters. The van der Waals surface area contributed by atoms with Crippen molar-refractivity contribution in [2.24, 2.45) is 16.7 Å². The molecule has 53 heavy (non-hydrogen) atoms. The number of allylic oxidation sites excluding steroid dienone is 2. The van der Waals surface area contributed by atoms with Crippen molar-refractivity contribution in [3.63, 3.8) is 0 Å². The van der Waals surface area contributed by atoms with Crippen LogP contribution in [-0.2, 0) is 36.7 Å². The van der Waals surface area contributed by atoms with Crippen molar-refractivity contribution >= 4 is 59.9 Å². The van der Waals surface area contributed by atoms with Crippen LogP contribution in [0.2, 0.25) is 0 Å². The summed E-state index contributed by atoms with van der Waals surface area (Å²) in [5.74, 6) is 0.915. The van der Waals surface area contributed by atoms with E-state index in [-0.39, 0.29) is 47.9 Å². The summed E-state index contributed by atoms with van der Waals surface area (Å²) >= 11 is 1.90. The van der Waals surface area contributed by atoms with Crippen LogP contribution >= 0.6 is 11.3 Å². The summed E-state index contributed by atoms with van der Waals surface area (Å²) in [6.45, 7) is 25.7. The molecule has 0 amide bonds. The zero-order valence-electron chi connectivity index (χ0n) is 33.8. The number of nitrogens with zero attached hydrogens (tertiary/aromatic N) is 1. The van der Waals surface area contributed by atoms with Gasteiger partial charge in [-0.1, -0.05) is 105 Å². The summed E-state index contributed by atoms with van der Waals surface area (Å²) in [6, 6.07) is 21.0.